The number of hydrogen-bond donors (Lipinski definition) is 1. The van der Waals surface area contributed by atoms with Gasteiger partial charge in [0.25, 0.3) is 5.91 Å². The number of fused-ring (bicyclic) bond motifs is 1. The van der Waals surface area contributed by atoms with E-state index in [1.165, 1.54) is 0 Å². The maximum absolute atomic E-state index is 11.5. The summed E-state index contributed by atoms with van der Waals surface area (Å²) >= 11 is 0. The Kier molecular flexibility index (Phi) is 3.97. The largest absolute Gasteiger partial charge is 0.355 e. The molecule has 0 aliphatic carbocycles. The first kappa shape index (κ1) is 14.0. The molecule has 0 fully saturated rings. The Morgan fingerprint density at radius 1 is 0.955 bits per heavy atom. The van der Waals surface area contributed by atoms with E-state index in [1.54, 1.807) is 7.05 Å². The van der Waals surface area contributed by atoms with E-state index in [0.29, 0.717) is 5.56 Å². The van der Waals surface area contributed by atoms with Crippen LogP contribution < -0.4 is 5.32 Å². The molecule has 108 valence electrons. The minimum atomic E-state index is -0.0771. The fraction of sp³-hybridized carbons (Fsp3) is 0.0526. The lowest BCUT2D eigenvalue weighted by Crippen LogP contribution is -2.17. The van der Waals surface area contributed by atoms with Crippen molar-refractivity contribution in [1.29, 1.82) is 0 Å². The SMILES string of the molecule is CNC(=O)c1ccc(/C=C/c2ccc3ccccc3n2)cc1. The molecule has 0 aliphatic heterocycles. The number of para-hydroxylation sites is 1. The summed E-state index contributed by atoms with van der Waals surface area (Å²) in [6.07, 6.45) is 3.96. The van der Waals surface area contributed by atoms with Gasteiger partial charge in [0.05, 0.1) is 11.2 Å². The van der Waals surface area contributed by atoms with Gasteiger partial charge in [0, 0.05) is 18.0 Å². The van der Waals surface area contributed by atoms with Crippen LogP contribution in [0.4, 0.5) is 0 Å². The van der Waals surface area contributed by atoms with Crippen molar-refractivity contribution in [2.24, 2.45) is 0 Å². The van der Waals surface area contributed by atoms with Crippen LogP contribution in [0.1, 0.15) is 21.6 Å². The van der Waals surface area contributed by atoms with Gasteiger partial charge < -0.3 is 5.32 Å². The van der Waals surface area contributed by atoms with Crippen molar-refractivity contribution in [1.82, 2.24) is 10.3 Å². The molecule has 2 aromatic carbocycles. The fourth-order valence-corrected chi connectivity index (χ4v) is 2.25. The summed E-state index contributed by atoms with van der Waals surface area (Å²) < 4.78 is 0. The monoisotopic (exact) mass is 288 g/mol. The maximum atomic E-state index is 11.5. The van der Waals surface area contributed by atoms with Crippen molar-refractivity contribution in [3.8, 4) is 0 Å². The lowest BCUT2D eigenvalue weighted by molar-refractivity contribution is 0.0963. The van der Waals surface area contributed by atoms with Gasteiger partial charge in [0.1, 0.15) is 0 Å². The van der Waals surface area contributed by atoms with Gasteiger partial charge in [-0.1, -0.05) is 42.5 Å². The first-order valence-corrected chi connectivity index (χ1v) is 7.12. The van der Waals surface area contributed by atoms with Gasteiger partial charge in [0.2, 0.25) is 0 Å². The molecular formula is C19H16N2O. The zero-order valence-electron chi connectivity index (χ0n) is 12.3. The maximum Gasteiger partial charge on any atom is 0.251 e. The molecule has 0 spiro atoms. The highest BCUT2D eigenvalue weighted by atomic mass is 16.1. The number of rotatable bonds is 3. The van der Waals surface area contributed by atoms with Crippen LogP contribution in [0.3, 0.4) is 0 Å². The topological polar surface area (TPSA) is 42.0 Å². The van der Waals surface area contributed by atoms with Crippen molar-refractivity contribution in [3.63, 3.8) is 0 Å². The highest BCUT2D eigenvalue weighted by molar-refractivity contribution is 5.94. The van der Waals surface area contributed by atoms with Gasteiger partial charge in [-0.3, -0.25) is 4.79 Å². The Balaban J connectivity index is 1.81. The molecule has 0 radical (unpaired) electrons. The second kappa shape index (κ2) is 6.22. The molecule has 0 atom stereocenters. The zero-order chi connectivity index (χ0) is 15.4. The first-order valence-electron chi connectivity index (χ1n) is 7.12. The molecular weight excluding hydrogens is 272 g/mol. The molecule has 0 saturated carbocycles. The number of amides is 1. The average Bonchev–Trinajstić information content (AvgIpc) is 2.59. The van der Waals surface area contributed by atoms with E-state index in [0.717, 1.165) is 22.2 Å². The van der Waals surface area contributed by atoms with Crippen LogP contribution in [-0.4, -0.2) is 17.9 Å². The molecule has 3 nitrogen and oxygen atoms in total. The second-order valence-corrected chi connectivity index (χ2v) is 4.96. The number of benzene rings is 2. The lowest BCUT2D eigenvalue weighted by atomic mass is 10.1. The van der Waals surface area contributed by atoms with E-state index < -0.39 is 0 Å². The number of nitrogens with one attached hydrogen (secondary N) is 1. The predicted molar refractivity (Wildman–Crippen MR) is 90.5 cm³/mol. The summed E-state index contributed by atoms with van der Waals surface area (Å²) in [5.74, 6) is -0.0771. The quantitative estimate of drug-likeness (QED) is 0.797. The average molecular weight is 288 g/mol. The van der Waals surface area contributed by atoms with Crippen LogP contribution in [0, 0.1) is 0 Å². The second-order valence-electron chi connectivity index (χ2n) is 4.96. The van der Waals surface area contributed by atoms with Crippen LogP contribution in [0.15, 0.2) is 60.7 Å². The van der Waals surface area contributed by atoms with E-state index in [9.17, 15) is 4.79 Å². The molecule has 1 N–H and O–H groups in total. The number of aromatic nitrogens is 1. The molecule has 0 saturated heterocycles. The molecule has 22 heavy (non-hydrogen) atoms. The van der Waals surface area contributed by atoms with Gasteiger partial charge in [0.15, 0.2) is 0 Å². The number of hydrogen-bond acceptors (Lipinski definition) is 2. The Hall–Kier alpha value is -2.94. The molecule has 3 rings (SSSR count). The van der Waals surface area contributed by atoms with Crippen molar-refractivity contribution in [2.75, 3.05) is 7.05 Å². The number of carbonyl (C=O) groups is 1. The summed E-state index contributed by atoms with van der Waals surface area (Å²) in [5.41, 5.74) is 3.58. The Morgan fingerprint density at radius 3 is 2.50 bits per heavy atom. The highest BCUT2D eigenvalue weighted by Gasteiger charge is 2.01. The summed E-state index contributed by atoms with van der Waals surface area (Å²) in [6, 6.07) is 19.6. The minimum Gasteiger partial charge on any atom is -0.355 e. The summed E-state index contributed by atoms with van der Waals surface area (Å²) in [7, 11) is 1.63. The van der Waals surface area contributed by atoms with Gasteiger partial charge in [-0.15, -0.1) is 0 Å². The van der Waals surface area contributed by atoms with Crippen molar-refractivity contribution in [3.05, 3.63) is 77.5 Å². The van der Waals surface area contributed by atoms with E-state index in [-0.39, 0.29) is 5.91 Å². The van der Waals surface area contributed by atoms with Crippen LogP contribution in [0.5, 0.6) is 0 Å². The standard InChI is InChI=1S/C19H16N2O/c1-20-19(22)16-9-6-14(7-10-16)8-12-17-13-11-15-4-2-3-5-18(15)21-17/h2-13H,1H3,(H,20,22)/b12-8+. The predicted octanol–water partition coefficient (Wildman–Crippen LogP) is 3.76. The van der Waals surface area contributed by atoms with Gasteiger partial charge in [-0.05, 0) is 35.9 Å². The first-order chi connectivity index (χ1) is 10.8. The van der Waals surface area contributed by atoms with E-state index in [1.807, 2.05) is 66.7 Å². The number of pyridine rings is 1. The summed E-state index contributed by atoms with van der Waals surface area (Å²) in [4.78, 5) is 16.1. The molecule has 1 aromatic heterocycles. The van der Waals surface area contributed by atoms with Gasteiger partial charge in [-0.2, -0.15) is 0 Å². The molecule has 0 bridgehead atoms. The van der Waals surface area contributed by atoms with Crippen molar-refractivity contribution < 1.29 is 4.79 Å². The summed E-state index contributed by atoms with van der Waals surface area (Å²) in [5, 5.41) is 3.74. The van der Waals surface area contributed by atoms with Gasteiger partial charge in [-0.25, -0.2) is 4.98 Å². The van der Waals surface area contributed by atoms with E-state index in [2.05, 4.69) is 16.4 Å². The van der Waals surface area contributed by atoms with Crippen LogP contribution in [-0.2, 0) is 0 Å². The smallest absolute Gasteiger partial charge is 0.251 e. The third-order valence-electron chi connectivity index (χ3n) is 3.47. The molecule has 3 aromatic rings. The summed E-state index contributed by atoms with van der Waals surface area (Å²) in [6.45, 7) is 0. The molecule has 3 heteroatoms. The Bertz CT molecular complexity index is 835. The normalized spacial score (nSPS) is 11.0. The Morgan fingerprint density at radius 2 is 1.73 bits per heavy atom. The fourth-order valence-electron chi connectivity index (χ4n) is 2.25. The number of nitrogens with zero attached hydrogens (tertiary/aromatic N) is 1. The van der Waals surface area contributed by atoms with Crippen molar-refractivity contribution in [2.45, 2.75) is 0 Å². The third kappa shape index (κ3) is 3.04. The van der Waals surface area contributed by atoms with Crippen molar-refractivity contribution >= 4 is 29.0 Å². The van der Waals surface area contributed by atoms with Crippen LogP contribution in [0.25, 0.3) is 23.1 Å². The van der Waals surface area contributed by atoms with Gasteiger partial charge >= 0.3 is 0 Å². The zero-order valence-corrected chi connectivity index (χ0v) is 12.3. The number of carbonyl (C=O) groups excluding carboxylic acids is 1. The lowest BCUT2D eigenvalue weighted by Gasteiger charge is -2.00. The van der Waals surface area contributed by atoms with E-state index >= 15 is 0 Å². The molecule has 1 heterocycles. The van der Waals surface area contributed by atoms with E-state index in [4.69, 9.17) is 0 Å². The molecule has 1 amide bonds. The molecule has 0 aliphatic rings. The highest BCUT2D eigenvalue weighted by Crippen LogP contribution is 2.14. The molecule has 0 unspecified atom stereocenters. The van der Waals surface area contributed by atoms with Crippen LogP contribution >= 0.6 is 0 Å². The minimum absolute atomic E-state index is 0.0771. The Labute approximate surface area is 129 Å². The van der Waals surface area contributed by atoms with Crippen LogP contribution in [0.2, 0.25) is 0 Å². The third-order valence-corrected chi connectivity index (χ3v) is 3.47.